The van der Waals surface area contributed by atoms with E-state index >= 15 is 0 Å². The van der Waals surface area contributed by atoms with Gasteiger partial charge in [-0.25, -0.2) is 0 Å². The predicted octanol–water partition coefficient (Wildman–Crippen LogP) is 7.09. The Labute approximate surface area is 199 Å². The molecule has 1 spiro atoms. The highest BCUT2D eigenvalue weighted by Crippen LogP contribution is 2.60. The average molecular weight is 459 g/mol. The highest BCUT2D eigenvalue weighted by molar-refractivity contribution is 5.65. The lowest BCUT2D eigenvalue weighted by Gasteiger charge is -2.56. The minimum absolute atomic E-state index is 0.245. The smallest absolute Gasteiger partial charge is 0.302 e. The first-order valence-corrected chi connectivity index (χ1v) is 11.9. The number of allylic oxidation sites excluding steroid dienone is 2. The molecule has 0 aromatic carbocycles. The van der Waals surface area contributed by atoms with Crippen molar-refractivity contribution in [2.24, 2.45) is 29.1 Å². The number of esters is 2. The molecule has 0 unspecified atom stereocenters. The van der Waals surface area contributed by atoms with Crippen LogP contribution in [0.2, 0.25) is 0 Å². The average Bonchev–Trinajstić information content (AvgIpc) is 2.67. The predicted molar refractivity (Wildman–Crippen MR) is 136 cm³/mol. The Morgan fingerprint density at radius 2 is 0.875 bits per heavy atom. The van der Waals surface area contributed by atoms with Crippen molar-refractivity contribution in [3.63, 3.8) is 0 Å². The van der Waals surface area contributed by atoms with E-state index in [1.165, 1.54) is 66.6 Å². The summed E-state index contributed by atoms with van der Waals surface area (Å²) in [4.78, 5) is 19.2. The zero-order valence-electron chi connectivity index (χ0n) is 23.2. The van der Waals surface area contributed by atoms with Crippen LogP contribution in [0, 0.1) is 29.1 Å². The van der Waals surface area contributed by atoms with E-state index in [-0.39, 0.29) is 11.9 Å². The zero-order chi connectivity index (χ0) is 25.7. The summed E-state index contributed by atoms with van der Waals surface area (Å²) in [5.41, 5.74) is 0.888. The van der Waals surface area contributed by atoms with Crippen LogP contribution in [-0.2, 0) is 23.8 Å². The van der Waals surface area contributed by atoms with Crippen LogP contribution in [0.1, 0.15) is 93.9 Å². The van der Waals surface area contributed by atoms with Crippen molar-refractivity contribution in [2.45, 2.75) is 93.9 Å². The molecule has 0 radical (unpaired) electrons. The van der Waals surface area contributed by atoms with Gasteiger partial charge in [-0.3, -0.25) is 9.59 Å². The molecule has 0 aromatic heterocycles. The quantitative estimate of drug-likeness (QED) is 0.286. The molecule has 0 N–H and O–H groups in total. The van der Waals surface area contributed by atoms with Crippen molar-refractivity contribution in [2.75, 3.05) is 28.4 Å². The lowest BCUT2D eigenvalue weighted by Crippen LogP contribution is -2.45. The summed E-state index contributed by atoms with van der Waals surface area (Å²) in [6, 6.07) is 0. The molecule has 3 aliphatic rings. The third kappa shape index (κ3) is 21.9. The van der Waals surface area contributed by atoms with E-state index in [2.05, 4.69) is 41.9 Å². The van der Waals surface area contributed by atoms with Crippen LogP contribution in [-0.4, -0.2) is 40.4 Å². The fourth-order valence-electron chi connectivity index (χ4n) is 4.48. The first-order chi connectivity index (χ1) is 14.9. The first-order valence-electron chi connectivity index (χ1n) is 11.9. The molecule has 3 aliphatic carbocycles. The Hall–Kier alpha value is -1.36. The van der Waals surface area contributed by atoms with Crippen LogP contribution >= 0.6 is 0 Å². The van der Waals surface area contributed by atoms with E-state index in [1.807, 2.05) is 26.0 Å². The number of ether oxygens (including phenoxy) is 3. The molecule has 3 saturated carbocycles. The third-order valence-corrected chi connectivity index (χ3v) is 5.64. The molecule has 5 nitrogen and oxygen atoms in total. The van der Waals surface area contributed by atoms with Crippen LogP contribution in [0.25, 0.3) is 0 Å². The maximum Gasteiger partial charge on any atom is 0.302 e. The number of rotatable bonds is 0. The van der Waals surface area contributed by atoms with Crippen molar-refractivity contribution < 1.29 is 23.8 Å². The topological polar surface area (TPSA) is 61.8 Å². The minimum atomic E-state index is -0.245. The summed E-state index contributed by atoms with van der Waals surface area (Å²) in [6.07, 6.45) is 13.1. The number of carbonyl (C=O) groups excluding carboxylic acids is 2. The highest BCUT2D eigenvalue weighted by atomic mass is 16.5. The molecule has 192 valence electrons. The van der Waals surface area contributed by atoms with Gasteiger partial charge in [-0.15, -0.1) is 0 Å². The van der Waals surface area contributed by atoms with Crippen molar-refractivity contribution in [1.82, 2.24) is 0 Å². The standard InChI is InChI=1S/C9H16.C6H12.C4H8.2C3H6O2.C2H6O/c1-7-3-9(4-7)5-8(2)6-9;1-5-3-6(2)4-5;1-3-4-2;2*1-3(4)5-2;1-3-2/h7-8H,3-6H2,1-2H3;5-6H,3-4H2,1-2H3;3-4H,1-2H3;2*1-2H3;1-2H3. The lowest BCUT2D eigenvalue weighted by molar-refractivity contribution is -0.138. The summed E-state index contributed by atoms with van der Waals surface area (Å²) in [5.74, 6) is 3.70. The van der Waals surface area contributed by atoms with Crippen molar-refractivity contribution >= 4 is 11.9 Å². The van der Waals surface area contributed by atoms with Gasteiger partial charge in [0.2, 0.25) is 0 Å². The normalized spacial score (nSPS) is 28.2. The monoisotopic (exact) mass is 458 g/mol. The molecule has 0 heterocycles. The van der Waals surface area contributed by atoms with Crippen molar-refractivity contribution in [1.29, 1.82) is 0 Å². The largest absolute Gasteiger partial charge is 0.469 e. The van der Waals surface area contributed by atoms with Gasteiger partial charge in [-0.1, -0.05) is 39.8 Å². The minimum Gasteiger partial charge on any atom is -0.469 e. The van der Waals surface area contributed by atoms with Gasteiger partial charge in [-0.05, 0) is 81.5 Å². The second kappa shape index (κ2) is 21.5. The Kier molecular flexibility index (Phi) is 23.7. The Bertz CT molecular complexity index is 425. The van der Waals surface area contributed by atoms with E-state index in [9.17, 15) is 9.59 Å². The molecule has 0 aromatic rings. The van der Waals surface area contributed by atoms with Gasteiger partial charge in [-0.2, -0.15) is 0 Å². The summed E-state index contributed by atoms with van der Waals surface area (Å²) >= 11 is 0. The SMILES string of the molecule is CC1CC(C)C1.CC1CC2(C1)CC(C)C2.CC=CC.COC.COC(C)=O.COC(C)=O. The van der Waals surface area contributed by atoms with Gasteiger partial charge in [0.15, 0.2) is 0 Å². The molecule has 5 heteroatoms. The molecule has 0 atom stereocenters. The zero-order valence-corrected chi connectivity index (χ0v) is 23.2. The lowest BCUT2D eigenvalue weighted by atomic mass is 9.49. The molecule has 3 fully saturated rings. The van der Waals surface area contributed by atoms with Gasteiger partial charge >= 0.3 is 11.9 Å². The van der Waals surface area contributed by atoms with Gasteiger partial charge in [0.25, 0.3) is 0 Å². The number of hydrogen-bond donors (Lipinski definition) is 0. The van der Waals surface area contributed by atoms with Gasteiger partial charge in [0, 0.05) is 28.1 Å². The second-order valence-electron chi connectivity index (χ2n) is 9.67. The number of methoxy groups -OCH3 is 3. The molecule has 0 saturated heterocycles. The summed E-state index contributed by atoms with van der Waals surface area (Å²) in [6.45, 7) is 16.1. The molecule has 32 heavy (non-hydrogen) atoms. The van der Waals surface area contributed by atoms with E-state index in [4.69, 9.17) is 0 Å². The van der Waals surface area contributed by atoms with Gasteiger partial charge in [0.1, 0.15) is 0 Å². The van der Waals surface area contributed by atoms with Crippen LogP contribution in [0.5, 0.6) is 0 Å². The van der Waals surface area contributed by atoms with E-state index in [0.29, 0.717) is 0 Å². The molecular weight excluding hydrogens is 404 g/mol. The summed E-state index contributed by atoms with van der Waals surface area (Å²) < 4.78 is 12.5. The van der Waals surface area contributed by atoms with Gasteiger partial charge < -0.3 is 14.2 Å². The Morgan fingerprint density at radius 1 is 0.656 bits per heavy atom. The highest BCUT2D eigenvalue weighted by Gasteiger charge is 2.49. The first kappa shape index (κ1) is 35.2. The van der Waals surface area contributed by atoms with E-state index < -0.39 is 0 Å². The van der Waals surface area contributed by atoms with Crippen LogP contribution < -0.4 is 0 Å². The molecule has 0 bridgehead atoms. The third-order valence-electron chi connectivity index (χ3n) is 5.64. The van der Waals surface area contributed by atoms with E-state index in [0.717, 1.165) is 29.1 Å². The van der Waals surface area contributed by atoms with Crippen LogP contribution in [0.3, 0.4) is 0 Å². The molecule has 0 aliphatic heterocycles. The molecule has 0 amide bonds. The second-order valence-corrected chi connectivity index (χ2v) is 9.67. The number of hydrogen-bond acceptors (Lipinski definition) is 5. The Morgan fingerprint density at radius 3 is 0.938 bits per heavy atom. The van der Waals surface area contributed by atoms with Crippen LogP contribution in [0.4, 0.5) is 0 Å². The fraction of sp³-hybridized carbons (Fsp3) is 0.852. The molecular formula is C27H54O5. The number of carbonyl (C=O) groups is 2. The summed E-state index contributed by atoms with van der Waals surface area (Å²) in [7, 11) is 5.95. The fourth-order valence-corrected chi connectivity index (χ4v) is 4.48. The van der Waals surface area contributed by atoms with Crippen LogP contribution in [0.15, 0.2) is 12.2 Å². The van der Waals surface area contributed by atoms with Gasteiger partial charge in [0.05, 0.1) is 14.2 Å². The van der Waals surface area contributed by atoms with E-state index in [1.54, 1.807) is 14.2 Å². The van der Waals surface area contributed by atoms with Crippen molar-refractivity contribution in [3.05, 3.63) is 12.2 Å². The molecule has 3 rings (SSSR count). The Balaban J connectivity index is -0.000000330. The summed E-state index contributed by atoms with van der Waals surface area (Å²) in [5, 5.41) is 0. The maximum absolute atomic E-state index is 9.59. The van der Waals surface area contributed by atoms with Crippen molar-refractivity contribution in [3.8, 4) is 0 Å². The maximum atomic E-state index is 9.59.